The van der Waals surface area contributed by atoms with Gasteiger partial charge in [0.1, 0.15) is 12.7 Å². The molecule has 0 aliphatic carbocycles. The number of anilines is 2. The van der Waals surface area contributed by atoms with Gasteiger partial charge in [0, 0.05) is 13.0 Å². The molecule has 0 bridgehead atoms. The number of hydrogen-bond donors (Lipinski definition) is 2. The molecule has 0 spiro atoms. The molecule has 6 nitrogen and oxygen atoms in total. The highest BCUT2D eigenvalue weighted by molar-refractivity contribution is 5.93. The van der Waals surface area contributed by atoms with Crippen molar-refractivity contribution >= 4 is 17.3 Å². The largest absolute Gasteiger partial charge is 0.397 e. The zero-order chi connectivity index (χ0) is 12.8. The Kier molecular flexibility index (Phi) is 3.90. The highest BCUT2D eigenvalue weighted by Gasteiger charge is 2.04. The fourth-order valence-corrected chi connectivity index (χ4v) is 1.57. The quantitative estimate of drug-likeness (QED) is 0.777. The highest BCUT2D eigenvalue weighted by Crippen LogP contribution is 2.16. The Bertz CT molecular complexity index is 509. The van der Waals surface area contributed by atoms with Gasteiger partial charge in [-0.3, -0.25) is 9.48 Å². The van der Waals surface area contributed by atoms with E-state index in [1.54, 1.807) is 23.1 Å². The minimum absolute atomic E-state index is 0.0481. The first-order valence-corrected chi connectivity index (χ1v) is 5.72. The molecule has 0 aliphatic heterocycles. The molecule has 0 saturated heterocycles. The first-order chi connectivity index (χ1) is 8.75. The average Bonchev–Trinajstić information content (AvgIpc) is 2.85. The summed E-state index contributed by atoms with van der Waals surface area (Å²) in [6.45, 7) is 0.678. The standard InChI is InChI=1S/C12H15N5O/c13-10-4-1-2-5-11(10)16-12(18)6-3-7-17-9-14-8-15-17/h1-2,4-5,8-9H,3,6-7,13H2,(H,16,18). The van der Waals surface area contributed by atoms with Crippen LogP contribution in [0.5, 0.6) is 0 Å². The second kappa shape index (κ2) is 5.81. The number of nitrogen functional groups attached to an aromatic ring is 1. The van der Waals surface area contributed by atoms with E-state index in [0.29, 0.717) is 30.8 Å². The monoisotopic (exact) mass is 245 g/mol. The van der Waals surface area contributed by atoms with Gasteiger partial charge in [-0.05, 0) is 18.6 Å². The van der Waals surface area contributed by atoms with Gasteiger partial charge in [-0.2, -0.15) is 5.10 Å². The fraction of sp³-hybridized carbons (Fsp3) is 0.250. The van der Waals surface area contributed by atoms with Crippen LogP contribution in [-0.4, -0.2) is 20.7 Å². The number of rotatable bonds is 5. The summed E-state index contributed by atoms with van der Waals surface area (Å²) in [6, 6.07) is 7.20. The molecule has 0 fully saturated rings. The van der Waals surface area contributed by atoms with E-state index in [1.165, 1.54) is 6.33 Å². The molecular weight excluding hydrogens is 230 g/mol. The molecule has 0 atom stereocenters. The van der Waals surface area contributed by atoms with E-state index >= 15 is 0 Å². The van der Waals surface area contributed by atoms with Crippen LogP contribution in [-0.2, 0) is 11.3 Å². The number of aromatic nitrogens is 3. The number of carbonyl (C=O) groups excluding carboxylic acids is 1. The first-order valence-electron chi connectivity index (χ1n) is 5.72. The van der Waals surface area contributed by atoms with Crippen LogP contribution in [0.2, 0.25) is 0 Å². The molecule has 1 amide bonds. The third-order valence-electron chi connectivity index (χ3n) is 2.49. The smallest absolute Gasteiger partial charge is 0.224 e. The van der Waals surface area contributed by atoms with Crippen LogP contribution in [0.25, 0.3) is 0 Å². The van der Waals surface area contributed by atoms with Gasteiger partial charge in [-0.15, -0.1) is 0 Å². The molecule has 94 valence electrons. The van der Waals surface area contributed by atoms with E-state index < -0.39 is 0 Å². The van der Waals surface area contributed by atoms with Crippen molar-refractivity contribution in [2.45, 2.75) is 19.4 Å². The SMILES string of the molecule is Nc1ccccc1NC(=O)CCCn1cncn1. The normalized spacial score (nSPS) is 10.2. The average molecular weight is 245 g/mol. The predicted octanol–water partition coefficient (Wildman–Crippen LogP) is 1.28. The van der Waals surface area contributed by atoms with Gasteiger partial charge >= 0.3 is 0 Å². The van der Waals surface area contributed by atoms with Crippen molar-refractivity contribution in [3.05, 3.63) is 36.9 Å². The first kappa shape index (κ1) is 12.1. The summed E-state index contributed by atoms with van der Waals surface area (Å²) in [5.74, 6) is -0.0481. The van der Waals surface area contributed by atoms with E-state index in [4.69, 9.17) is 5.73 Å². The van der Waals surface area contributed by atoms with Gasteiger partial charge in [0.15, 0.2) is 0 Å². The summed E-state index contributed by atoms with van der Waals surface area (Å²) in [5, 5.41) is 6.75. The van der Waals surface area contributed by atoms with Crippen LogP contribution in [0.15, 0.2) is 36.9 Å². The van der Waals surface area contributed by atoms with E-state index in [2.05, 4.69) is 15.4 Å². The number of nitrogens with zero attached hydrogens (tertiary/aromatic N) is 3. The van der Waals surface area contributed by atoms with E-state index in [-0.39, 0.29) is 5.91 Å². The Morgan fingerprint density at radius 2 is 2.22 bits per heavy atom. The maximum Gasteiger partial charge on any atom is 0.224 e. The summed E-state index contributed by atoms with van der Waals surface area (Å²) in [6.07, 6.45) is 4.24. The summed E-state index contributed by atoms with van der Waals surface area (Å²) in [5.41, 5.74) is 6.96. The van der Waals surface area contributed by atoms with Crippen molar-refractivity contribution in [3.63, 3.8) is 0 Å². The van der Waals surface area contributed by atoms with Crippen molar-refractivity contribution in [1.29, 1.82) is 0 Å². The minimum Gasteiger partial charge on any atom is -0.397 e. The molecule has 0 radical (unpaired) electrons. The Balaban J connectivity index is 1.77. The number of para-hydroxylation sites is 2. The summed E-state index contributed by atoms with van der Waals surface area (Å²) >= 11 is 0. The lowest BCUT2D eigenvalue weighted by atomic mass is 10.2. The number of nitrogens with one attached hydrogen (secondary N) is 1. The van der Waals surface area contributed by atoms with Crippen molar-refractivity contribution in [3.8, 4) is 0 Å². The van der Waals surface area contributed by atoms with Gasteiger partial charge in [0.2, 0.25) is 5.91 Å². The van der Waals surface area contributed by atoms with Crippen molar-refractivity contribution in [2.24, 2.45) is 0 Å². The number of carbonyl (C=O) groups is 1. The van der Waals surface area contributed by atoms with Crippen molar-refractivity contribution in [1.82, 2.24) is 14.8 Å². The zero-order valence-corrected chi connectivity index (χ0v) is 9.91. The van der Waals surface area contributed by atoms with Crippen LogP contribution in [0, 0.1) is 0 Å². The highest BCUT2D eigenvalue weighted by atomic mass is 16.1. The Hall–Kier alpha value is -2.37. The number of hydrogen-bond acceptors (Lipinski definition) is 4. The summed E-state index contributed by atoms with van der Waals surface area (Å²) < 4.78 is 1.70. The Morgan fingerprint density at radius 3 is 2.94 bits per heavy atom. The lowest BCUT2D eigenvalue weighted by Crippen LogP contribution is -2.13. The van der Waals surface area contributed by atoms with Gasteiger partial charge in [0.05, 0.1) is 11.4 Å². The van der Waals surface area contributed by atoms with Crippen molar-refractivity contribution in [2.75, 3.05) is 11.1 Å². The number of aryl methyl sites for hydroxylation is 1. The third kappa shape index (κ3) is 3.31. The predicted molar refractivity (Wildman–Crippen MR) is 68.7 cm³/mol. The molecule has 1 aromatic heterocycles. The van der Waals surface area contributed by atoms with Crippen LogP contribution < -0.4 is 11.1 Å². The van der Waals surface area contributed by atoms with Gasteiger partial charge < -0.3 is 11.1 Å². The van der Waals surface area contributed by atoms with Gasteiger partial charge in [0.25, 0.3) is 0 Å². The second-order valence-corrected chi connectivity index (χ2v) is 3.90. The van der Waals surface area contributed by atoms with E-state index in [9.17, 15) is 4.79 Å². The van der Waals surface area contributed by atoms with Crippen LogP contribution in [0.1, 0.15) is 12.8 Å². The molecule has 2 aromatic rings. The molecule has 6 heteroatoms. The molecule has 0 aliphatic rings. The molecule has 3 N–H and O–H groups in total. The van der Waals surface area contributed by atoms with E-state index in [0.717, 1.165) is 0 Å². The van der Waals surface area contributed by atoms with Gasteiger partial charge in [-0.1, -0.05) is 12.1 Å². The molecule has 0 saturated carbocycles. The summed E-state index contributed by atoms with van der Waals surface area (Å²) in [4.78, 5) is 15.5. The van der Waals surface area contributed by atoms with Gasteiger partial charge in [-0.25, -0.2) is 4.98 Å². The third-order valence-corrected chi connectivity index (χ3v) is 2.49. The summed E-state index contributed by atoms with van der Waals surface area (Å²) in [7, 11) is 0. The Labute approximate surface area is 105 Å². The number of amides is 1. The fourth-order valence-electron chi connectivity index (χ4n) is 1.57. The van der Waals surface area contributed by atoms with Crippen LogP contribution in [0.4, 0.5) is 11.4 Å². The second-order valence-electron chi connectivity index (χ2n) is 3.90. The Morgan fingerprint density at radius 1 is 1.39 bits per heavy atom. The number of nitrogens with two attached hydrogens (primary N) is 1. The lowest BCUT2D eigenvalue weighted by Gasteiger charge is -2.07. The van der Waals surface area contributed by atoms with Crippen LogP contribution >= 0.6 is 0 Å². The molecule has 1 heterocycles. The minimum atomic E-state index is -0.0481. The zero-order valence-electron chi connectivity index (χ0n) is 9.91. The lowest BCUT2D eigenvalue weighted by molar-refractivity contribution is -0.116. The van der Waals surface area contributed by atoms with E-state index in [1.807, 2.05) is 12.1 Å². The maximum atomic E-state index is 11.7. The van der Waals surface area contributed by atoms with Crippen LogP contribution in [0.3, 0.4) is 0 Å². The maximum absolute atomic E-state index is 11.7. The topological polar surface area (TPSA) is 85.8 Å². The molecule has 18 heavy (non-hydrogen) atoms. The molecule has 0 unspecified atom stereocenters. The molecule has 1 aromatic carbocycles. The molecule has 2 rings (SSSR count). The molecular formula is C12H15N5O. The number of benzene rings is 1. The van der Waals surface area contributed by atoms with Crippen molar-refractivity contribution < 1.29 is 4.79 Å².